The van der Waals surface area contributed by atoms with Gasteiger partial charge in [0.1, 0.15) is 0 Å². The monoisotopic (exact) mass is 2650 g/mol. The standard InChI is InChI=1S/C5H5N3OS.C4H6N3S.C4H2N2OS.C2H2BrN3S.C2H2N3S.C2O3.C2H5.CClO.CHO2.I2.HI.6W.3Y/c1-2-4-7-8-5(10-4)6-3-9;1-2-3-6-7-4(5)8-3;7-2-1-4-6-5-3-8-4;3-1-5-6-2(4)7-1;3-2-5-4-1-6-2;3-1-5-2-4;1-2;2*2-1-3;1-2;;;;;;;;;;/h1-2H2,(H,6,8,9);1-2H2,(H2,5,7);1H2;(H2,4,6);(H2,3,5);;1H2,2H3;;(H,2,3);;1H;;;;;;;;;/q-2;-1;-2;;-1;-2;3*-1;;;;;;;;;;;. The number of nitrogens with two attached hydrogens (primary N) is 3. The van der Waals surface area contributed by atoms with Gasteiger partial charge in [-0.2, -0.15) is 35.5 Å². The van der Waals surface area contributed by atoms with E-state index in [1.807, 2.05) is 0 Å². The van der Waals surface area contributed by atoms with Gasteiger partial charge in [0.25, 0.3) is 0 Å². The fourth-order valence-corrected chi connectivity index (χ4v) is 4.17. The topological polar surface area (TPSA) is 351 Å². The summed E-state index contributed by atoms with van der Waals surface area (Å²) >= 11 is 18.0. The number of carbonyl (C=O) groups excluding carboxylic acids is 5. The van der Waals surface area contributed by atoms with Crippen LogP contribution in [0.5, 0.6) is 0 Å². The molecule has 0 atom stereocenters. The van der Waals surface area contributed by atoms with Crippen molar-refractivity contribution in [2.75, 3.05) is 22.5 Å². The normalized spacial score (nSPS) is 6.62. The molecule has 5 aromatic rings. The van der Waals surface area contributed by atoms with Crippen molar-refractivity contribution >= 4 is 204 Å². The summed E-state index contributed by atoms with van der Waals surface area (Å²) in [6.45, 7) is 14.4. The van der Waals surface area contributed by atoms with Crippen LogP contribution in [-0.4, -0.2) is 94.0 Å². The number of hydrogen-bond donors (Lipinski definition) is 5. The Morgan fingerprint density at radius 1 is 0.703 bits per heavy atom. The van der Waals surface area contributed by atoms with Gasteiger partial charge >= 0.3 is 0 Å². The smallest absolute Gasteiger partial charge is 0.203 e. The Bertz CT molecular complexity index is 1570. The van der Waals surface area contributed by atoms with E-state index >= 15 is 0 Å². The summed E-state index contributed by atoms with van der Waals surface area (Å²) in [5.41, 5.74) is 20.6. The molecule has 0 saturated carbocycles. The SMILES string of the molecule is I.II.Nc1nn[c-]s1.Nc1nnc(Br)s1.O=[C-]Cc1nn[c-]s1.O=[C-]Cl.O=[C-]O.O=[C-]O[C-]=O.[CH2-]C.[CH2-]Cc1nnc(N)s1.[CH2-]Cc1nnc(N[C-]=O)s1.[W].[W].[W].[W].[W].[W].[Y].[Y].[Y]. The second-order valence-electron chi connectivity index (χ2n) is 5.93. The number of ether oxygens (including phenoxy) is 1. The molecule has 0 aliphatic rings. The molecule has 0 spiro atoms. The number of aliphatic hydroxyl groups excluding tert-OH is 1. The van der Waals surface area contributed by atoms with Crippen molar-refractivity contribution in [3.8, 4) is 0 Å². The quantitative estimate of drug-likeness (QED) is 0.0483. The predicted octanol–water partition coefficient (Wildman–Crippen LogP) is 3.93. The number of amides is 1. The van der Waals surface area contributed by atoms with Crippen molar-refractivity contribution in [3.05, 3.63) is 50.7 Å². The van der Waals surface area contributed by atoms with Gasteiger partial charge in [0.2, 0.25) is 10.3 Å². The van der Waals surface area contributed by atoms with Crippen LogP contribution in [0.15, 0.2) is 3.92 Å². The minimum atomic E-state index is 0. The van der Waals surface area contributed by atoms with Crippen molar-refractivity contribution in [2.45, 2.75) is 26.2 Å². The van der Waals surface area contributed by atoms with Crippen LogP contribution in [0.25, 0.3) is 0 Å². The van der Waals surface area contributed by atoms with E-state index < -0.39 is 0 Å². The van der Waals surface area contributed by atoms with Crippen LogP contribution in [0.2, 0.25) is 0 Å². The number of aromatic nitrogens is 10. The molecule has 8 N–H and O–H groups in total. The van der Waals surface area contributed by atoms with E-state index in [0.717, 1.165) is 32.6 Å². The molecule has 3 radical (unpaired) electrons. The van der Waals surface area contributed by atoms with Gasteiger partial charge in [-0.25, -0.2) is 10.2 Å². The first kappa shape index (κ1) is 109. The molecule has 1 amide bonds. The zero-order valence-electron chi connectivity index (χ0n) is 31.4. The third-order valence-corrected chi connectivity index (χ3v) is 6.96. The third kappa shape index (κ3) is 86.8. The molecule has 0 bridgehead atoms. The Kier molecular flexibility index (Phi) is 161. The van der Waals surface area contributed by atoms with Crippen LogP contribution < -0.4 is 22.5 Å². The van der Waals surface area contributed by atoms with Gasteiger partial charge in [-0.1, -0.05) is 45.2 Å². The van der Waals surface area contributed by atoms with Gasteiger partial charge in [-0.3, -0.25) is 32.9 Å². The summed E-state index contributed by atoms with van der Waals surface area (Å²) in [4.78, 5) is 53.7. The molecular formula is C23H24BrClI3N14O8S5W6Y3-11. The maximum atomic E-state index is 9.76. The first-order chi connectivity index (χ1) is 26.0. The van der Waals surface area contributed by atoms with Gasteiger partial charge in [0, 0.05) is 267 Å². The minimum absolute atomic E-state index is 0. The molecule has 0 aliphatic heterocycles. The molecule has 5 heterocycles. The summed E-state index contributed by atoms with van der Waals surface area (Å²) < 4.78 is 3.95. The molecule has 64 heavy (non-hydrogen) atoms. The fourth-order valence-electron chi connectivity index (χ4n) is 1.51. The number of anilines is 4. The second kappa shape index (κ2) is 94.0. The van der Waals surface area contributed by atoms with E-state index in [0.29, 0.717) is 44.8 Å². The average molecular weight is 2650 g/mol. The van der Waals surface area contributed by atoms with Crippen LogP contribution in [0.4, 0.5) is 20.5 Å². The van der Waals surface area contributed by atoms with E-state index in [9.17, 15) is 9.59 Å². The number of halogens is 5. The number of nitrogens with zero attached hydrogens (tertiary/aromatic N) is 10. The predicted molar refractivity (Wildman–Crippen MR) is 242 cm³/mol. The Hall–Kier alpha value is 5.02. The van der Waals surface area contributed by atoms with Crippen molar-refractivity contribution in [2.24, 2.45) is 0 Å². The van der Waals surface area contributed by atoms with Crippen LogP contribution in [0.1, 0.15) is 21.9 Å². The number of hydrogen-bond acceptors (Lipinski definition) is 25. The summed E-state index contributed by atoms with van der Waals surface area (Å²) in [6, 6.07) is 0. The molecule has 41 heteroatoms. The largest absolute Gasteiger partial charge is 0.783 e. The summed E-state index contributed by atoms with van der Waals surface area (Å²) in [6.07, 6.45) is 4.73. The summed E-state index contributed by atoms with van der Waals surface area (Å²) in [5.74, 6) is 0.972. The molecular weight excluding hydrogens is 2630 g/mol. The summed E-state index contributed by atoms with van der Waals surface area (Å²) in [7, 11) is 0. The van der Waals surface area contributed by atoms with Crippen LogP contribution >= 0.6 is 145 Å². The number of rotatable bonds is 8. The van der Waals surface area contributed by atoms with Crippen molar-refractivity contribution in [1.82, 2.24) is 51.0 Å². The molecule has 5 aromatic heterocycles. The van der Waals surface area contributed by atoms with Crippen molar-refractivity contribution in [1.29, 1.82) is 0 Å². The Labute approximate surface area is 604 Å². The zero-order valence-corrected chi connectivity index (χ0v) is 70.6. The molecule has 0 saturated heterocycles. The van der Waals surface area contributed by atoms with Crippen molar-refractivity contribution < 1.29 is 263 Å². The van der Waals surface area contributed by atoms with Crippen LogP contribution in [-0.2, 0) is 277 Å². The molecule has 22 nitrogen and oxygen atoms in total. The van der Waals surface area contributed by atoms with E-state index in [1.54, 1.807) is 13.2 Å². The fraction of sp³-hybridized carbons (Fsp3) is 0.174. The van der Waals surface area contributed by atoms with E-state index in [1.165, 1.54) is 63.1 Å². The molecule has 0 unspecified atom stereocenters. The Morgan fingerprint density at radius 2 is 1.11 bits per heavy atom. The molecule has 0 aromatic carbocycles. The second-order valence-corrected chi connectivity index (χ2v) is 12.2. The molecule has 0 aliphatic carbocycles. The van der Waals surface area contributed by atoms with Crippen molar-refractivity contribution in [3.63, 3.8) is 0 Å². The molecule has 355 valence electrons. The molecule has 0 fully saturated rings. The van der Waals surface area contributed by atoms with E-state index in [4.69, 9.17) is 41.5 Å². The van der Waals surface area contributed by atoms with Gasteiger partial charge in [0.05, 0.1) is 21.6 Å². The first-order valence-electron chi connectivity index (χ1n) is 12.1. The van der Waals surface area contributed by atoms with Gasteiger partial charge in [-0.05, 0) is 15.9 Å². The number of nitrogens with one attached hydrogen (secondary N) is 1. The Morgan fingerprint density at radius 3 is 1.31 bits per heavy atom. The van der Waals surface area contributed by atoms with Gasteiger partial charge in [-0.15, -0.1) is 70.2 Å². The van der Waals surface area contributed by atoms with Crippen LogP contribution in [0, 0.1) is 31.8 Å². The van der Waals surface area contributed by atoms with Gasteiger partial charge in [0.15, 0.2) is 3.92 Å². The van der Waals surface area contributed by atoms with Gasteiger partial charge < -0.3 is 105 Å². The molecule has 5 rings (SSSR count). The van der Waals surface area contributed by atoms with E-state index in [2.05, 4.69) is 158 Å². The minimum Gasteiger partial charge on any atom is -0.783 e. The average Bonchev–Trinajstić information content (AvgIpc) is 4.04. The summed E-state index contributed by atoms with van der Waals surface area (Å²) in [5, 5.41) is 48.8. The van der Waals surface area contributed by atoms with E-state index in [-0.39, 0.29) is 255 Å². The van der Waals surface area contributed by atoms with Crippen LogP contribution in [0.3, 0.4) is 0 Å². The maximum absolute atomic E-state index is 9.76. The first-order valence-corrected chi connectivity index (χ1v) is 23.7. The maximum Gasteiger partial charge on any atom is 0.203 e. The zero-order chi connectivity index (χ0) is 42.4. The third-order valence-electron chi connectivity index (χ3n) is 2.96. The Balaban J connectivity index is -0.0000000325. The number of nitrogen functional groups attached to an aromatic ring is 3.